The van der Waals surface area contributed by atoms with Crippen LogP contribution >= 0.6 is 11.8 Å². The molecule has 2 N–H and O–H groups in total. The third-order valence-electron chi connectivity index (χ3n) is 2.45. The second-order valence-corrected chi connectivity index (χ2v) is 4.65. The molecule has 3 nitrogen and oxygen atoms in total. The summed E-state index contributed by atoms with van der Waals surface area (Å²) >= 11 is 1.64. The van der Waals surface area contributed by atoms with Gasteiger partial charge in [-0.15, -0.1) is 0 Å². The second-order valence-electron chi connectivity index (χ2n) is 3.62. The van der Waals surface area contributed by atoms with Crippen LogP contribution in [0.15, 0.2) is 24.3 Å². The van der Waals surface area contributed by atoms with Gasteiger partial charge in [0.2, 0.25) is 0 Å². The fraction of sp³-hybridized carbons (Fsp3) is 0.417. The van der Waals surface area contributed by atoms with Crippen molar-refractivity contribution in [3.63, 3.8) is 0 Å². The van der Waals surface area contributed by atoms with E-state index in [0.29, 0.717) is 5.75 Å². The topological polar surface area (TPSA) is 49.3 Å². The Kier molecular flexibility index (Phi) is 5.35. The third kappa shape index (κ3) is 3.87. The predicted octanol–water partition coefficient (Wildman–Crippen LogP) is 1.90. The van der Waals surface area contributed by atoms with Gasteiger partial charge in [-0.3, -0.25) is 4.79 Å². The van der Waals surface area contributed by atoms with Crippen LogP contribution in [0.5, 0.6) is 0 Å². The Balaban J connectivity index is 2.41. The molecule has 16 heavy (non-hydrogen) atoms. The monoisotopic (exact) mass is 239 g/mol. The number of carbonyl (C=O) groups is 1. The van der Waals surface area contributed by atoms with Crippen LogP contribution in [0.2, 0.25) is 0 Å². The first-order chi connectivity index (χ1) is 7.65. The van der Waals surface area contributed by atoms with E-state index in [4.69, 9.17) is 5.11 Å². The molecule has 0 fully saturated rings. The molecule has 1 aromatic rings. The van der Waals surface area contributed by atoms with Gasteiger partial charge in [-0.05, 0) is 25.1 Å². The van der Waals surface area contributed by atoms with Crippen LogP contribution in [-0.4, -0.2) is 29.9 Å². The van der Waals surface area contributed by atoms with Crippen LogP contribution in [0.4, 0.5) is 0 Å². The number of rotatable bonds is 6. The molecule has 0 aliphatic rings. The molecule has 0 bridgehead atoms. The molecule has 0 heterocycles. The number of thioether (sulfide) groups is 1. The van der Waals surface area contributed by atoms with Crippen molar-refractivity contribution < 1.29 is 9.90 Å². The number of carboxylic acid groups (broad SMARTS) is 1. The molecule has 0 saturated heterocycles. The lowest BCUT2D eigenvalue weighted by Gasteiger charge is -2.11. The van der Waals surface area contributed by atoms with Crippen molar-refractivity contribution in [3.8, 4) is 0 Å². The fourth-order valence-electron chi connectivity index (χ4n) is 1.34. The SMILES string of the molecule is CNC(CSCc1ccccc1C)C(=O)O. The number of nitrogens with one attached hydrogen (secondary N) is 1. The molecule has 4 heteroatoms. The Hall–Kier alpha value is -1.00. The minimum Gasteiger partial charge on any atom is -0.480 e. The van der Waals surface area contributed by atoms with E-state index < -0.39 is 12.0 Å². The summed E-state index contributed by atoms with van der Waals surface area (Å²) in [5.74, 6) is 0.651. The number of likely N-dealkylation sites (N-methyl/N-ethyl adjacent to an activating group) is 1. The minimum atomic E-state index is -0.792. The Morgan fingerprint density at radius 2 is 2.19 bits per heavy atom. The third-order valence-corrected chi connectivity index (χ3v) is 3.53. The van der Waals surface area contributed by atoms with E-state index >= 15 is 0 Å². The van der Waals surface area contributed by atoms with Crippen LogP contribution in [0.1, 0.15) is 11.1 Å². The standard InChI is InChI=1S/C12H17NO2S/c1-9-5-3-4-6-10(9)7-16-8-11(13-2)12(14)15/h3-6,11,13H,7-8H2,1-2H3,(H,14,15). The molecule has 88 valence electrons. The van der Waals surface area contributed by atoms with Crippen molar-refractivity contribution in [2.24, 2.45) is 0 Å². The van der Waals surface area contributed by atoms with Gasteiger partial charge in [0.15, 0.2) is 0 Å². The van der Waals surface area contributed by atoms with E-state index in [2.05, 4.69) is 24.4 Å². The van der Waals surface area contributed by atoms with Gasteiger partial charge in [0.1, 0.15) is 6.04 Å². The van der Waals surface area contributed by atoms with Crippen LogP contribution in [0, 0.1) is 6.92 Å². The Labute approximate surface area is 100 Å². The van der Waals surface area contributed by atoms with E-state index in [9.17, 15) is 4.79 Å². The second kappa shape index (κ2) is 6.55. The highest BCUT2D eigenvalue weighted by Gasteiger charge is 2.14. The predicted molar refractivity (Wildman–Crippen MR) is 67.8 cm³/mol. The van der Waals surface area contributed by atoms with Gasteiger partial charge < -0.3 is 10.4 Å². The van der Waals surface area contributed by atoms with Crippen molar-refractivity contribution in [3.05, 3.63) is 35.4 Å². The van der Waals surface area contributed by atoms with Crippen molar-refractivity contribution in [1.82, 2.24) is 5.32 Å². The number of aliphatic carboxylic acids is 1. The molecule has 1 unspecified atom stereocenters. The lowest BCUT2D eigenvalue weighted by atomic mass is 10.1. The minimum absolute atomic E-state index is 0.464. The molecular weight excluding hydrogens is 222 g/mol. The van der Waals surface area contributed by atoms with Crippen LogP contribution in [0.3, 0.4) is 0 Å². The summed E-state index contributed by atoms with van der Waals surface area (Å²) in [5, 5.41) is 11.6. The highest BCUT2D eigenvalue weighted by Crippen LogP contribution is 2.16. The van der Waals surface area contributed by atoms with Gasteiger partial charge >= 0.3 is 5.97 Å². The summed E-state index contributed by atoms with van der Waals surface area (Å²) in [4.78, 5) is 10.8. The fourth-order valence-corrected chi connectivity index (χ4v) is 2.54. The zero-order valence-corrected chi connectivity index (χ0v) is 10.4. The van der Waals surface area contributed by atoms with Gasteiger partial charge in [0.05, 0.1) is 0 Å². The molecule has 0 spiro atoms. The first-order valence-electron chi connectivity index (χ1n) is 5.17. The molecule has 0 aromatic heterocycles. The van der Waals surface area contributed by atoms with E-state index in [1.165, 1.54) is 11.1 Å². The molecule has 0 radical (unpaired) electrons. The van der Waals surface area contributed by atoms with Crippen LogP contribution in [-0.2, 0) is 10.5 Å². The number of benzene rings is 1. The maximum atomic E-state index is 10.8. The van der Waals surface area contributed by atoms with Gasteiger partial charge in [-0.25, -0.2) is 0 Å². The van der Waals surface area contributed by atoms with Crippen molar-refractivity contribution in [1.29, 1.82) is 0 Å². The van der Waals surface area contributed by atoms with E-state index in [1.54, 1.807) is 18.8 Å². The van der Waals surface area contributed by atoms with Crippen molar-refractivity contribution >= 4 is 17.7 Å². The number of carboxylic acids is 1. The first kappa shape index (κ1) is 13.1. The van der Waals surface area contributed by atoms with Gasteiger partial charge in [0.25, 0.3) is 0 Å². The Bertz CT molecular complexity index is 355. The van der Waals surface area contributed by atoms with Crippen LogP contribution in [0.25, 0.3) is 0 Å². The van der Waals surface area contributed by atoms with Gasteiger partial charge in [-0.2, -0.15) is 11.8 Å². The van der Waals surface area contributed by atoms with Crippen molar-refractivity contribution in [2.45, 2.75) is 18.7 Å². The molecule has 0 aliphatic heterocycles. The molecule has 1 aromatic carbocycles. The average molecular weight is 239 g/mol. The highest BCUT2D eigenvalue weighted by atomic mass is 32.2. The highest BCUT2D eigenvalue weighted by molar-refractivity contribution is 7.98. The van der Waals surface area contributed by atoms with E-state index in [-0.39, 0.29) is 0 Å². The molecule has 0 aliphatic carbocycles. The first-order valence-corrected chi connectivity index (χ1v) is 6.33. The smallest absolute Gasteiger partial charge is 0.321 e. The number of aryl methyl sites for hydroxylation is 1. The quantitative estimate of drug-likeness (QED) is 0.796. The summed E-state index contributed by atoms with van der Waals surface area (Å²) in [5.41, 5.74) is 2.53. The Morgan fingerprint density at radius 3 is 2.75 bits per heavy atom. The molecule has 1 rings (SSSR count). The number of hydrogen-bond acceptors (Lipinski definition) is 3. The zero-order chi connectivity index (χ0) is 12.0. The van der Waals surface area contributed by atoms with Crippen molar-refractivity contribution in [2.75, 3.05) is 12.8 Å². The summed E-state index contributed by atoms with van der Waals surface area (Å²) in [6, 6.07) is 7.71. The van der Waals surface area contributed by atoms with Crippen LogP contribution < -0.4 is 5.32 Å². The zero-order valence-electron chi connectivity index (χ0n) is 9.56. The van der Waals surface area contributed by atoms with E-state index in [0.717, 1.165) is 5.75 Å². The molecule has 0 saturated carbocycles. The largest absolute Gasteiger partial charge is 0.480 e. The Morgan fingerprint density at radius 1 is 1.50 bits per heavy atom. The summed E-state index contributed by atoms with van der Waals surface area (Å²) in [7, 11) is 1.67. The van der Waals surface area contributed by atoms with Gasteiger partial charge in [-0.1, -0.05) is 24.3 Å². The van der Waals surface area contributed by atoms with E-state index in [1.807, 2.05) is 12.1 Å². The average Bonchev–Trinajstić information content (AvgIpc) is 2.26. The normalized spacial score (nSPS) is 12.4. The molecule has 1 atom stereocenters. The lowest BCUT2D eigenvalue weighted by molar-refractivity contribution is -0.138. The summed E-state index contributed by atoms with van der Waals surface area (Å²) in [6.45, 7) is 2.07. The summed E-state index contributed by atoms with van der Waals surface area (Å²) in [6.07, 6.45) is 0. The lowest BCUT2D eigenvalue weighted by Crippen LogP contribution is -2.36. The maximum Gasteiger partial charge on any atom is 0.321 e. The molecular formula is C12H17NO2S. The maximum absolute atomic E-state index is 10.8. The van der Waals surface area contributed by atoms with Gasteiger partial charge in [0, 0.05) is 11.5 Å². The summed E-state index contributed by atoms with van der Waals surface area (Å²) < 4.78 is 0. The number of hydrogen-bond donors (Lipinski definition) is 2. The molecule has 0 amide bonds.